The number of halogens is 2. The fourth-order valence-corrected chi connectivity index (χ4v) is 11.4. The van der Waals surface area contributed by atoms with Gasteiger partial charge in [0.1, 0.15) is 11.6 Å². The Morgan fingerprint density at radius 2 is 1.00 bits per heavy atom. The molecule has 0 spiro atoms. The number of aryl methyl sites for hydroxylation is 2. The van der Waals surface area contributed by atoms with Crippen molar-refractivity contribution >= 4 is 103 Å². The van der Waals surface area contributed by atoms with Crippen molar-refractivity contribution in [2.45, 2.75) is 20.0 Å². The van der Waals surface area contributed by atoms with E-state index < -0.39 is 0 Å². The molecule has 1 N–H and O–H groups in total. The van der Waals surface area contributed by atoms with Crippen LogP contribution in [0.4, 0.5) is 22.7 Å². The first-order valence-electron chi connectivity index (χ1n) is 24.9. The normalized spacial score (nSPS) is 13.6. The summed E-state index contributed by atoms with van der Waals surface area (Å²) in [5, 5.41) is 0. The van der Waals surface area contributed by atoms with E-state index in [9.17, 15) is 19.2 Å². The van der Waals surface area contributed by atoms with Gasteiger partial charge in [0, 0.05) is 93.3 Å². The number of carbonyl (C=O) groups excluding carboxylic acids is 4. The van der Waals surface area contributed by atoms with Gasteiger partial charge in [-0.2, -0.15) is 0 Å². The van der Waals surface area contributed by atoms with Crippen molar-refractivity contribution in [3.05, 3.63) is 211 Å². The average molecular weight is 1090 g/mol. The van der Waals surface area contributed by atoms with Crippen LogP contribution in [0, 0.1) is 6.92 Å². The van der Waals surface area contributed by atoms with Crippen LogP contribution in [0.2, 0.25) is 8.67 Å². The maximum absolute atomic E-state index is 13.7. The SMILES string of the molecule is Cc1ncc(CN(C(=O)c2ccccc2)c2ccc(N3CCN(C(=O)c4ccc(Cl)s4)CC3)cc2)[nH]1.Cn1c(CN(C(=O)c2ccccc2)c2ccc(N3CCN(C(=O)c4ccc(Cl)s4)CC3)cc2)nc2ccccc21. The summed E-state index contributed by atoms with van der Waals surface area (Å²) in [6.45, 7) is 8.14. The maximum atomic E-state index is 13.7. The zero-order valence-corrected chi connectivity index (χ0v) is 45.0. The van der Waals surface area contributed by atoms with Gasteiger partial charge in [-0.25, -0.2) is 9.97 Å². The topological polar surface area (TPSA) is 134 Å². The standard InChI is InChI=1S/C31H28ClN5O2S.C27H26ClN5O2S/c1-34-26-10-6-5-9-25(26)33-29(34)21-37(30(38)22-7-3-2-4-8-22)24-13-11-23(12-14-24)35-17-19-36(20-18-35)31(39)27-15-16-28(32)40-27;1-19-29-17-21(30-19)18-33(26(34)20-5-3-2-4-6-20)23-9-7-22(8-10-23)31-13-15-32(16-14-31)27(35)24-11-12-25(28)36-24/h2-16H,17-21H2,1H3;2-12,17H,13-16,18H2,1H3,(H,29,30). The molecule has 2 aliphatic rings. The molecule has 14 nitrogen and oxygen atoms in total. The molecular formula is C58H54Cl2N10O4S2. The van der Waals surface area contributed by atoms with E-state index >= 15 is 0 Å². The molecule has 4 aromatic heterocycles. The summed E-state index contributed by atoms with van der Waals surface area (Å²) in [4.78, 5) is 78.1. The molecule has 0 radical (unpaired) electrons. The summed E-state index contributed by atoms with van der Waals surface area (Å²) in [5.41, 5.74) is 7.79. The number of carbonyl (C=O) groups is 4. The second-order valence-electron chi connectivity index (χ2n) is 18.4. The fourth-order valence-electron chi connectivity index (χ4n) is 9.43. The molecule has 4 amide bonds. The average Bonchev–Trinajstić information content (AvgIpc) is 4.30. The zero-order chi connectivity index (χ0) is 52.7. The Kier molecular flexibility index (Phi) is 15.9. The number of hydrogen-bond acceptors (Lipinski definition) is 10. The quantitative estimate of drug-likeness (QED) is 0.128. The first kappa shape index (κ1) is 51.7. The lowest BCUT2D eigenvalue weighted by Crippen LogP contribution is -2.48. The van der Waals surface area contributed by atoms with Gasteiger partial charge in [0.15, 0.2) is 0 Å². The molecule has 76 heavy (non-hydrogen) atoms. The van der Waals surface area contributed by atoms with Crippen molar-refractivity contribution in [3.63, 3.8) is 0 Å². The van der Waals surface area contributed by atoms with Crippen LogP contribution < -0.4 is 19.6 Å². The maximum Gasteiger partial charge on any atom is 0.264 e. The van der Waals surface area contributed by atoms with Gasteiger partial charge in [0.05, 0.1) is 54.4 Å². The van der Waals surface area contributed by atoms with Gasteiger partial charge < -0.3 is 39.0 Å². The van der Waals surface area contributed by atoms with Gasteiger partial charge in [0.2, 0.25) is 0 Å². The van der Waals surface area contributed by atoms with Crippen molar-refractivity contribution in [1.29, 1.82) is 0 Å². The minimum Gasteiger partial charge on any atom is -0.368 e. The number of rotatable bonds is 12. The molecule has 0 atom stereocenters. The largest absolute Gasteiger partial charge is 0.368 e. The van der Waals surface area contributed by atoms with E-state index in [4.69, 9.17) is 28.2 Å². The Labute approximate surface area is 459 Å². The number of imidazole rings is 2. The molecule has 5 aromatic carbocycles. The molecule has 0 unspecified atom stereocenters. The van der Waals surface area contributed by atoms with Gasteiger partial charge >= 0.3 is 0 Å². The van der Waals surface area contributed by atoms with Gasteiger partial charge in [-0.05, 0) is 116 Å². The lowest BCUT2D eigenvalue weighted by molar-refractivity contribution is 0.0744. The van der Waals surface area contributed by atoms with Crippen molar-refractivity contribution in [2.24, 2.45) is 7.05 Å². The third-order valence-corrected chi connectivity index (χ3v) is 16.0. The number of benzene rings is 5. The van der Waals surface area contributed by atoms with E-state index in [1.165, 1.54) is 22.7 Å². The van der Waals surface area contributed by atoms with E-state index in [1.807, 2.05) is 162 Å². The van der Waals surface area contributed by atoms with Gasteiger partial charge in [-0.1, -0.05) is 71.7 Å². The molecule has 6 heterocycles. The number of anilines is 4. The number of nitrogens with zero attached hydrogens (tertiary/aromatic N) is 9. The molecule has 2 saturated heterocycles. The van der Waals surface area contributed by atoms with E-state index in [2.05, 4.69) is 19.8 Å². The molecular weight excluding hydrogens is 1040 g/mol. The fraction of sp³-hybridized carbons (Fsp3) is 0.207. The number of nitrogens with one attached hydrogen (secondary N) is 1. The number of para-hydroxylation sites is 2. The summed E-state index contributed by atoms with van der Waals surface area (Å²) in [5.74, 6) is 1.53. The highest BCUT2D eigenvalue weighted by Crippen LogP contribution is 2.30. The molecule has 2 fully saturated rings. The number of thiophene rings is 2. The molecule has 386 valence electrons. The Balaban J connectivity index is 0.000000174. The number of hydrogen-bond donors (Lipinski definition) is 1. The van der Waals surface area contributed by atoms with Gasteiger partial charge in [-0.3, -0.25) is 19.2 Å². The summed E-state index contributed by atoms with van der Waals surface area (Å²) in [7, 11) is 1.98. The summed E-state index contributed by atoms with van der Waals surface area (Å²) < 4.78 is 3.29. The van der Waals surface area contributed by atoms with Crippen LogP contribution in [-0.2, 0) is 20.1 Å². The third-order valence-electron chi connectivity index (χ3n) is 13.5. The Morgan fingerprint density at radius 1 is 0.553 bits per heavy atom. The highest BCUT2D eigenvalue weighted by Gasteiger charge is 2.27. The summed E-state index contributed by atoms with van der Waals surface area (Å²) in [6, 6.07) is 49.8. The van der Waals surface area contributed by atoms with E-state index in [-0.39, 0.29) is 23.6 Å². The van der Waals surface area contributed by atoms with Crippen molar-refractivity contribution in [3.8, 4) is 0 Å². The van der Waals surface area contributed by atoms with E-state index in [1.54, 1.807) is 40.3 Å². The second-order valence-corrected chi connectivity index (χ2v) is 21.8. The number of H-pyrrole nitrogens is 1. The van der Waals surface area contributed by atoms with Crippen LogP contribution in [-0.4, -0.2) is 105 Å². The number of amides is 4. The minimum absolute atomic E-state index is 0.0314. The summed E-state index contributed by atoms with van der Waals surface area (Å²) >= 11 is 14.6. The molecule has 0 saturated carbocycles. The van der Waals surface area contributed by atoms with Crippen molar-refractivity contribution in [2.75, 3.05) is 72.0 Å². The van der Waals surface area contributed by atoms with Gasteiger partial charge in [-0.15, -0.1) is 22.7 Å². The van der Waals surface area contributed by atoms with Crippen molar-refractivity contribution in [1.82, 2.24) is 29.3 Å². The smallest absolute Gasteiger partial charge is 0.264 e. The second kappa shape index (κ2) is 23.4. The molecule has 9 aromatic rings. The minimum atomic E-state index is -0.0822. The van der Waals surface area contributed by atoms with Crippen LogP contribution in [0.25, 0.3) is 11.0 Å². The van der Waals surface area contributed by atoms with Crippen LogP contribution in [0.15, 0.2) is 164 Å². The lowest BCUT2D eigenvalue weighted by Gasteiger charge is -2.36. The predicted octanol–water partition coefficient (Wildman–Crippen LogP) is 11.3. The Hall–Kier alpha value is -7.76. The number of piperazine rings is 2. The molecule has 0 aliphatic carbocycles. The van der Waals surface area contributed by atoms with Crippen LogP contribution in [0.5, 0.6) is 0 Å². The van der Waals surface area contributed by atoms with E-state index in [0.29, 0.717) is 68.8 Å². The molecule has 2 aliphatic heterocycles. The first-order chi connectivity index (χ1) is 36.9. The van der Waals surface area contributed by atoms with Crippen LogP contribution >= 0.6 is 45.9 Å². The molecule has 0 bridgehead atoms. The van der Waals surface area contributed by atoms with Crippen molar-refractivity contribution < 1.29 is 19.2 Å². The highest BCUT2D eigenvalue weighted by molar-refractivity contribution is 7.18. The molecule has 11 rings (SSSR count). The third kappa shape index (κ3) is 11.9. The molecule has 18 heteroatoms. The van der Waals surface area contributed by atoms with Gasteiger partial charge in [0.25, 0.3) is 23.6 Å². The van der Waals surface area contributed by atoms with Crippen LogP contribution in [0.3, 0.4) is 0 Å². The first-order valence-corrected chi connectivity index (χ1v) is 27.3. The number of aromatic nitrogens is 4. The number of aromatic amines is 1. The predicted molar refractivity (Wildman–Crippen MR) is 306 cm³/mol. The highest BCUT2D eigenvalue weighted by atomic mass is 35.5. The van der Waals surface area contributed by atoms with Crippen LogP contribution in [0.1, 0.15) is 57.4 Å². The monoisotopic (exact) mass is 1090 g/mol. The summed E-state index contributed by atoms with van der Waals surface area (Å²) in [6.07, 6.45) is 1.76. The zero-order valence-electron chi connectivity index (χ0n) is 41.9. The van der Waals surface area contributed by atoms with E-state index in [0.717, 1.165) is 77.3 Å². The number of fused-ring (bicyclic) bond motifs is 1. The Bertz CT molecular complexity index is 3460. The lowest BCUT2D eigenvalue weighted by atomic mass is 10.1. The Morgan fingerprint density at radius 3 is 1.42 bits per heavy atom.